The van der Waals surface area contributed by atoms with Crippen molar-refractivity contribution in [3.63, 3.8) is 0 Å². The molecule has 0 saturated heterocycles. The maximum absolute atomic E-state index is 14.1. The van der Waals surface area contributed by atoms with Crippen LogP contribution in [-0.2, 0) is 16.8 Å². The van der Waals surface area contributed by atoms with Crippen molar-refractivity contribution >= 4 is 22.7 Å². The maximum atomic E-state index is 14.1. The number of halogens is 2. The number of pyridine rings is 1. The van der Waals surface area contributed by atoms with Gasteiger partial charge in [0, 0.05) is 5.56 Å². The number of benzene rings is 1. The molecular formula is C15H11ClFN3O2S. The van der Waals surface area contributed by atoms with E-state index >= 15 is 0 Å². The normalized spacial score (nSPS) is 12.3. The van der Waals surface area contributed by atoms with Crippen molar-refractivity contribution < 1.29 is 13.2 Å². The summed E-state index contributed by atoms with van der Waals surface area (Å²) in [5.41, 5.74) is 1.85. The molecule has 0 radical (unpaired) electrons. The zero-order valence-electron chi connectivity index (χ0n) is 11.7. The summed E-state index contributed by atoms with van der Waals surface area (Å²) in [7, 11) is 0. The van der Waals surface area contributed by atoms with Gasteiger partial charge in [-0.2, -0.15) is 0 Å². The lowest BCUT2D eigenvalue weighted by Gasteiger charge is -2.10. The van der Waals surface area contributed by atoms with Crippen LogP contribution in [0.1, 0.15) is 5.69 Å². The second-order valence-electron chi connectivity index (χ2n) is 4.71. The van der Waals surface area contributed by atoms with Gasteiger partial charge in [-0.1, -0.05) is 23.7 Å². The highest BCUT2D eigenvalue weighted by Gasteiger charge is 2.16. The SMILES string of the molecule is O=S(O)Cc1ccc(-n2cnc(Cl)c2-c2ccccc2F)cn1. The van der Waals surface area contributed by atoms with Gasteiger partial charge >= 0.3 is 0 Å². The predicted octanol–water partition coefficient (Wildman–Crippen LogP) is 3.45. The standard InChI is InChI=1S/C15H11ClFN3O2S/c16-15-14(12-3-1-2-4-13(12)17)20(9-19-15)11-6-5-10(18-7-11)8-23(21)22/h1-7,9H,8H2,(H,21,22). The van der Waals surface area contributed by atoms with Gasteiger partial charge in [0.2, 0.25) is 0 Å². The van der Waals surface area contributed by atoms with E-state index in [1.807, 2.05) is 0 Å². The Labute approximate surface area is 139 Å². The Morgan fingerprint density at radius 3 is 2.65 bits per heavy atom. The molecule has 0 aliphatic rings. The van der Waals surface area contributed by atoms with Gasteiger partial charge in [-0.05, 0) is 24.3 Å². The van der Waals surface area contributed by atoms with Gasteiger partial charge in [0.05, 0.1) is 29.0 Å². The van der Waals surface area contributed by atoms with Gasteiger partial charge in [0.15, 0.2) is 16.2 Å². The Bertz CT molecular complexity index is 867. The Balaban J connectivity index is 2.05. The van der Waals surface area contributed by atoms with E-state index in [9.17, 15) is 8.60 Å². The second kappa shape index (κ2) is 6.57. The van der Waals surface area contributed by atoms with Crippen molar-refractivity contribution in [1.82, 2.24) is 14.5 Å². The molecule has 5 nitrogen and oxygen atoms in total. The average molecular weight is 352 g/mol. The molecule has 1 aromatic carbocycles. The molecule has 1 atom stereocenters. The first-order valence-electron chi connectivity index (χ1n) is 6.57. The highest BCUT2D eigenvalue weighted by atomic mass is 35.5. The summed E-state index contributed by atoms with van der Waals surface area (Å²) in [5, 5.41) is 0.177. The van der Waals surface area contributed by atoms with E-state index < -0.39 is 16.9 Å². The van der Waals surface area contributed by atoms with Crippen LogP contribution in [0, 0.1) is 5.82 Å². The van der Waals surface area contributed by atoms with Crippen molar-refractivity contribution in [3.05, 3.63) is 65.6 Å². The molecule has 1 N–H and O–H groups in total. The van der Waals surface area contributed by atoms with Crippen LogP contribution in [0.3, 0.4) is 0 Å². The molecule has 0 saturated carbocycles. The van der Waals surface area contributed by atoms with Gasteiger partial charge in [-0.25, -0.2) is 13.6 Å². The second-order valence-corrected chi connectivity index (χ2v) is 6.00. The number of imidazole rings is 1. The number of hydrogen-bond acceptors (Lipinski definition) is 3. The third-order valence-electron chi connectivity index (χ3n) is 3.21. The summed E-state index contributed by atoms with van der Waals surface area (Å²) in [6, 6.07) is 9.61. The lowest BCUT2D eigenvalue weighted by atomic mass is 10.1. The summed E-state index contributed by atoms with van der Waals surface area (Å²) in [6.45, 7) is 0. The van der Waals surface area contributed by atoms with Crippen molar-refractivity contribution in [2.75, 3.05) is 0 Å². The van der Waals surface area contributed by atoms with Gasteiger partial charge in [0.25, 0.3) is 0 Å². The van der Waals surface area contributed by atoms with E-state index in [0.29, 0.717) is 22.6 Å². The minimum atomic E-state index is -1.95. The van der Waals surface area contributed by atoms with E-state index in [-0.39, 0.29) is 10.9 Å². The van der Waals surface area contributed by atoms with Gasteiger partial charge < -0.3 is 4.55 Å². The molecule has 23 heavy (non-hydrogen) atoms. The topological polar surface area (TPSA) is 68.0 Å². The number of rotatable bonds is 4. The monoisotopic (exact) mass is 351 g/mol. The van der Waals surface area contributed by atoms with Crippen LogP contribution < -0.4 is 0 Å². The van der Waals surface area contributed by atoms with Crippen LogP contribution in [0.4, 0.5) is 4.39 Å². The molecule has 0 aliphatic heterocycles. The van der Waals surface area contributed by atoms with Crippen molar-refractivity contribution in [3.8, 4) is 16.9 Å². The molecule has 3 rings (SSSR count). The van der Waals surface area contributed by atoms with Crippen molar-refractivity contribution in [2.24, 2.45) is 0 Å². The average Bonchev–Trinajstić information content (AvgIpc) is 2.90. The van der Waals surface area contributed by atoms with Crippen LogP contribution >= 0.6 is 11.6 Å². The van der Waals surface area contributed by atoms with Gasteiger partial charge in [0.1, 0.15) is 12.1 Å². The van der Waals surface area contributed by atoms with Crippen LogP contribution in [0.2, 0.25) is 5.15 Å². The molecular weight excluding hydrogens is 341 g/mol. The first-order valence-corrected chi connectivity index (χ1v) is 8.22. The van der Waals surface area contributed by atoms with Crippen LogP contribution in [-0.4, -0.2) is 23.3 Å². The zero-order chi connectivity index (χ0) is 16.4. The summed E-state index contributed by atoms with van der Waals surface area (Å²) in [5.74, 6) is -0.457. The number of nitrogens with zero attached hydrogens (tertiary/aromatic N) is 3. The Kier molecular flexibility index (Phi) is 4.51. The third kappa shape index (κ3) is 3.31. The maximum Gasteiger partial charge on any atom is 0.158 e. The van der Waals surface area contributed by atoms with Gasteiger partial charge in [-0.3, -0.25) is 9.55 Å². The third-order valence-corrected chi connectivity index (χ3v) is 4.03. The first-order chi connectivity index (χ1) is 11.1. The summed E-state index contributed by atoms with van der Waals surface area (Å²) in [4.78, 5) is 8.15. The van der Waals surface area contributed by atoms with Crippen molar-refractivity contribution in [2.45, 2.75) is 5.75 Å². The molecule has 0 bridgehead atoms. The highest BCUT2D eigenvalue weighted by molar-refractivity contribution is 7.78. The fourth-order valence-corrected chi connectivity index (χ4v) is 2.85. The van der Waals surface area contributed by atoms with Crippen LogP contribution in [0.15, 0.2) is 48.9 Å². The Morgan fingerprint density at radius 2 is 2.00 bits per heavy atom. The summed E-state index contributed by atoms with van der Waals surface area (Å²) >= 11 is 4.16. The van der Waals surface area contributed by atoms with Gasteiger partial charge in [-0.15, -0.1) is 0 Å². The van der Waals surface area contributed by atoms with Crippen LogP contribution in [0.25, 0.3) is 16.9 Å². The Morgan fingerprint density at radius 1 is 1.22 bits per heavy atom. The van der Waals surface area contributed by atoms with E-state index in [1.54, 1.807) is 34.9 Å². The molecule has 8 heteroatoms. The minimum absolute atomic E-state index is 0.0505. The molecule has 0 spiro atoms. The van der Waals surface area contributed by atoms with E-state index in [1.165, 1.54) is 18.6 Å². The quantitative estimate of drug-likeness (QED) is 0.731. The zero-order valence-corrected chi connectivity index (χ0v) is 13.3. The molecule has 118 valence electrons. The molecule has 0 amide bonds. The highest BCUT2D eigenvalue weighted by Crippen LogP contribution is 2.31. The largest absolute Gasteiger partial charge is 0.306 e. The summed E-state index contributed by atoms with van der Waals surface area (Å²) < 4.78 is 35.4. The number of aromatic nitrogens is 3. The molecule has 0 aliphatic carbocycles. The molecule has 2 aromatic heterocycles. The lowest BCUT2D eigenvalue weighted by molar-refractivity contribution is 0.563. The van der Waals surface area contributed by atoms with E-state index in [0.717, 1.165) is 0 Å². The minimum Gasteiger partial charge on any atom is -0.306 e. The smallest absolute Gasteiger partial charge is 0.158 e. The van der Waals surface area contributed by atoms with E-state index in [2.05, 4.69) is 9.97 Å². The van der Waals surface area contributed by atoms with E-state index in [4.69, 9.17) is 16.2 Å². The molecule has 3 aromatic rings. The molecule has 2 heterocycles. The Hall–Kier alpha value is -2.09. The predicted molar refractivity (Wildman–Crippen MR) is 86.2 cm³/mol. The van der Waals surface area contributed by atoms with Crippen LogP contribution in [0.5, 0.6) is 0 Å². The molecule has 1 unspecified atom stereocenters. The number of hydrogen-bond donors (Lipinski definition) is 1. The lowest BCUT2D eigenvalue weighted by Crippen LogP contribution is -2.00. The van der Waals surface area contributed by atoms with Crippen molar-refractivity contribution in [1.29, 1.82) is 0 Å². The fraction of sp³-hybridized carbons (Fsp3) is 0.0667. The first kappa shape index (κ1) is 15.8. The fourth-order valence-electron chi connectivity index (χ4n) is 2.19. The summed E-state index contributed by atoms with van der Waals surface area (Å²) in [6.07, 6.45) is 3.00. The molecule has 0 fully saturated rings.